The molecular formula is C11H22N2O. The molecule has 1 rings (SSSR count). The lowest BCUT2D eigenvalue weighted by Gasteiger charge is -2.17. The lowest BCUT2D eigenvalue weighted by Crippen LogP contribution is -2.45. The fourth-order valence-corrected chi connectivity index (χ4v) is 1.99. The van der Waals surface area contributed by atoms with Gasteiger partial charge in [0.25, 0.3) is 0 Å². The number of carbonyl (C=O) groups excluding carboxylic acids is 1. The topological polar surface area (TPSA) is 55.1 Å². The first-order valence-electron chi connectivity index (χ1n) is 5.65. The van der Waals surface area contributed by atoms with Gasteiger partial charge in [-0.1, -0.05) is 26.7 Å². The van der Waals surface area contributed by atoms with Gasteiger partial charge in [0.15, 0.2) is 0 Å². The molecule has 3 N–H and O–H groups in total. The minimum absolute atomic E-state index is 0.0330. The van der Waals surface area contributed by atoms with Crippen LogP contribution in [0.4, 0.5) is 0 Å². The Balaban J connectivity index is 2.25. The van der Waals surface area contributed by atoms with Crippen LogP contribution in [0.2, 0.25) is 0 Å². The van der Waals surface area contributed by atoms with Crippen molar-refractivity contribution in [1.82, 2.24) is 5.32 Å². The molecule has 0 aromatic carbocycles. The van der Waals surface area contributed by atoms with E-state index in [-0.39, 0.29) is 11.9 Å². The number of amides is 1. The van der Waals surface area contributed by atoms with Crippen molar-refractivity contribution in [3.8, 4) is 0 Å². The van der Waals surface area contributed by atoms with Crippen molar-refractivity contribution in [3.63, 3.8) is 0 Å². The molecule has 0 spiro atoms. The average molecular weight is 198 g/mol. The molecule has 0 aromatic rings. The van der Waals surface area contributed by atoms with E-state index in [1.54, 1.807) is 0 Å². The lowest BCUT2D eigenvalue weighted by molar-refractivity contribution is -0.123. The number of nitrogens with two attached hydrogens (primary N) is 1. The summed E-state index contributed by atoms with van der Waals surface area (Å²) in [5, 5.41) is 3.02. The van der Waals surface area contributed by atoms with Crippen molar-refractivity contribution >= 4 is 5.91 Å². The fourth-order valence-electron chi connectivity index (χ4n) is 1.99. The van der Waals surface area contributed by atoms with Crippen LogP contribution in [-0.2, 0) is 4.79 Å². The molecule has 1 fully saturated rings. The predicted molar refractivity (Wildman–Crippen MR) is 57.8 cm³/mol. The van der Waals surface area contributed by atoms with E-state index in [1.807, 2.05) is 0 Å². The summed E-state index contributed by atoms with van der Waals surface area (Å²) in [5.41, 5.74) is 5.78. The molecule has 3 heteroatoms. The molecule has 0 unspecified atom stereocenters. The number of hydrogen-bond donors (Lipinski definition) is 2. The minimum atomic E-state index is -0.324. The zero-order valence-corrected chi connectivity index (χ0v) is 9.25. The first kappa shape index (κ1) is 11.5. The summed E-state index contributed by atoms with van der Waals surface area (Å²) in [6, 6.07) is 0.0660. The second-order valence-corrected chi connectivity index (χ2v) is 4.73. The van der Waals surface area contributed by atoms with Crippen LogP contribution in [0.15, 0.2) is 0 Å². The van der Waals surface area contributed by atoms with Crippen LogP contribution in [0.25, 0.3) is 0 Å². The Morgan fingerprint density at radius 1 is 1.43 bits per heavy atom. The summed E-state index contributed by atoms with van der Waals surface area (Å²) in [6.45, 7) is 4.17. The van der Waals surface area contributed by atoms with Gasteiger partial charge in [-0.05, 0) is 25.2 Å². The Morgan fingerprint density at radius 3 is 2.50 bits per heavy atom. The second-order valence-electron chi connectivity index (χ2n) is 4.73. The Kier molecular flexibility index (Phi) is 4.39. The molecule has 0 radical (unpaired) electrons. The fraction of sp³-hybridized carbons (Fsp3) is 0.909. The molecule has 0 heterocycles. The Morgan fingerprint density at radius 2 is 2.00 bits per heavy atom. The predicted octanol–water partition coefficient (Wildman–Crippen LogP) is 1.42. The molecule has 1 atom stereocenters. The molecule has 1 saturated carbocycles. The molecule has 1 aliphatic carbocycles. The summed E-state index contributed by atoms with van der Waals surface area (Å²) in [5.74, 6) is 0.518. The van der Waals surface area contributed by atoms with Crippen LogP contribution in [-0.4, -0.2) is 18.0 Å². The van der Waals surface area contributed by atoms with Gasteiger partial charge < -0.3 is 11.1 Å². The van der Waals surface area contributed by atoms with Crippen LogP contribution < -0.4 is 11.1 Å². The van der Waals surface area contributed by atoms with Crippen LogP contribution in [0.1, 0.15) is 46.0 Å². The minimum Gasteiger partial charge on any atom is -0.352 e. The van der Waals surface area contributed by atoms with Gasteiger partial charge in [0.2, 0.25) is 5.91 Å². The maximum Gasteiger partial charge on any atom is 0.237 e. The standard InChI is InChI=1S/C11H22N2O/c1-8(2)7-10(12)11(14)13-9-5-3-4-6-9/h8-10H,3-7,12H2,1-2H3,(H,13,14)/t10-/m1/s1. The monoisotopic (exact) mass is 198 g/mol. The van der Waals surface area contributed by atoms with Crippen LogP contribution in [0, 0.1) is 5.92 Å². The maximum atomic E-state index is 11.6. The van der Waals surface area contributed by atoms with Gasteiger partial charge in [-0.25, -0.2) is 0 Å². The highest BCUT2D eigenvalue weighted by Gasteiger charge is 2.21. The average Bonchev–Trinajstić information content (AvgIpc) is 2.55. The third-order valence-electron chi connectivity index (χ3n) is 2.76. The number of rotatable bonds is 4. The molecular weight excluding hydrogens is 176 g/mol. The Hall–Kier alpha value is -0.570. The van der Waals surface area contributed by atoms with E-state index in [0.717, 1.165) is 19.3 Å². The quantitative estimate of drug-likeness (QED) is 0.717. The van der Waals surface area contributed by atoms with Crippen LogP contribution in [0.3, 0.4) is 0 Å². The van der Waals surface area contributed by atoms with E-state index in [0.29, 0.717) is 12.0 Å². The van der Waals surface area contributed by atoms with Gasteiger partial charge >= 0.3 is 0 Å². The Labute approximate surface area is 86.4 Å². The van der Waals surface area contributed by atoms with Crippen LogP contribution in [0.5, 0.6) is 0 Å². The van der Waals surface area contributed by atoms with Gasteiger partial charge in [-0.15, -0.1) is 0 Å². The van der Waals surface area contributed by atoms with Crippen molar-refractivity contribution < 1.29 is 4.79 Å². The summed E-state index contributed by atoms with van der Waals surface area (Å²) in [7, 11) is 0. The molecule has 1 amide bonds. The zero-order chi connectivity index (χ0) is 10.6. The highest BCUT2D eigenvalue weighted by molar-refractivity contribution is 5.81. The number of nitrogens with one attached hydrogen (secondary N) is 1. The smallest absolute Gasteiger partial charge is 0.237 e. The Bertz CT molecular complexity index is 186. The molecule has 0 aromatic heterocycles. The van der Waals surface area contributed by atoms with Crippen molar-refractivity contribution in [2.75, 3.05) is 0 Å². The van der Waals surface area contributed by atoms with E-state index in [4.69, 9.17) is 5.73 Å². The molecule has 3 nitrogen and oxygen atoms in total. The lowest BCUT2D eigenvalue weighted by atomic mass is 10.0. The van der Waals surface area contributed by atoms with Crippen molar-refractivity contribution in [3.05, 3.63) is 0 Å². The SMILES string of the molecule is CC(C)C[C@@H](N)C(=O)NC1CCCC1. The van der Waals surface area contributed by atoms with E-state index >= 15 is 0 Å². The van der Waals surface area contributed by atoms with E-state index in [9.17, 15) is 4.79 Å². The normalized spacial score (nSPS) is 20.0. The van der Waals surface area contributed by atoms with E-state index in [2.05, 4.69) is 19.2 Å². The van der Waals surface area contributed by atoms with Crippen molar-refractivity contribution in [2.24, 2.45) is 11.7 Å². The van der Waals surface area contributed by atoms with Gasteiger partial charge in [0, 0.05) is 6.04 Å². The highest BCUT2D eigenvalue weighted by Crippen LogP contribution is 2.17. The molecule has 1 aliphatic rings. The van der Waals surface area contributed by atoms with Gasteiger partial charge in [0.1, 0.15) is 0 Å². The van der Waals surface area contributed by atoms with Crippen molar-refractivity contribution in [2.45, 2.75) is 58.0 Å². The molecule has 0 bridgehead atoms. The van der Waals surface area contributed by atoms with Gasteiger partial charge in [-0.2, -0.15) is 0 Å². The van der Waals surface area contributed by atoms with Gasteiger partial charge in [-0.3, -0.25) is 4.79 Å². The van der Waals surface area contributed by atoms with E-state index < -0.39 is 0 Å². The van der Waals surface area contributed by atoms with Gasteiger partial charge in [0.05, 0.1) is 6.04 Å². The first-order valence-corrected chi connectivity index (χ1v) is 5.65. The maximum absolute atomic E-state index is 11.6. The molecule has 0 saturated heterocycles. The summed E-state index contributed by atoms with van der Waals surface area (Å²) < 4.78 is 0. The molecule has 14 heavy (non-hydrogen) atoms. The van der Waals surface area contributed by atoms with Crippen molar-refractivity contribution in [1.29, 1.82) is 0 Å². The third-order valence-corrected chi connectivity index (χ3v) is 2.76. The molecule has 82 valence electrons. The third kappa shape index (κ3) is 3.66. The number of carbonyl (C=O) groups is 1. The number of hydrogen-bond acceptors (Lipinski definition) is 2. The van der Waals surface area contributed by atoms with E-state index in [1.165, 1.54) is 12.8 Å². The second kappa shape index (κ2) is 5.35. The van der Waals surface area contributed by atoms with Crippen LogP contribution >= 0.6 is 0 Å². The highest BCUT2D eigenvalue weighted by atomic mass is 16.2. The summed E-state index contributed by atoms with van der Waals surface area (Å²) in [6.07, 6.45) is 5.51. The summed E-state index contributed by atoms with van der Waals surface area (Å²) >= 11 is 0. The summed E-state index contributed by atoms with van der Waals surface area (Å²) in [4.78, 5) is 11.6. The first-order chi connectivity index (χ1) is 6.59. The zero-order valence-electron chi connectivity index (χ0n) is 9.25. The largest absolute Gasteiger partial charge is 0.352 e. The molecule has 0 aliphatic heterocycles.